The van der Waals surface area contributed by atoms with E-state index in [9.17, 15) is 4.79 Å². The molecular weight excluding hydrogens is 292 g/mol. The average Bonchev–Trinajstić information content (AvgIpc) is 2.41. The number of aliphatic carboxylic acids is 1. The third-order valence-corrected chi connectivity index (χ3v) is 3.83. The van der Waals surface area contributed by atoms with Gasteiger partial charge in [0, 0.05) is 11.0 Å². The van der Waals surface area contributed by atoms with E-state index in [0.29, 0.717) is 0 Å². The van der Waals surface area contributed by atoms with Crippen molar-refractivity contribution >= 4 is 36.2 Å². The van der Waals surface area contributed by atoms with Crippen LogP contribution in [-0.2, 0) is 11.2 Å². The van der Waals surface area contributed by atoms with E-state index in [2.05, 4.69) is 25.1 Å². The molecule has 0 aromatic heterocycles. The molecule has 0 fully saturated rings. The monoisotopic (exact) mass is 314 g/mol. The number of aryl methyl sites for hydroxylation is 1. The van der Waals surface area contributed by atoms with E-state index < -0.39 is 5.97 Å². The van der Waals surface area contributed by atoms with Crippen molar-refractivity contribution in [2.45, 2.75) is 43.9 Å². The Morgan fingerprint density at radius 3 is 2.65 bits per heavy atom. The van der Waals surface area contributed by atoms with Crippen molar-refractivity contribution in [3.8, 4) is 0 Å². The van der Waals surface area contributed by atoms with Crippen molar-refractivity contribution in [3.05, 3.63) is 35.4 Å². The summed E-state index contributed by atoms with van der Waals surface area (Å²) in [5.74, 6) is -0.902. The summed E-state index contributed by atoms with van der Waals surface area (Å²) in [7, 11) is 0. The summed E-state index contributed by atoms with van der Waals surface area (Å²) in [6, 6.07) is 6.34. The lowest BCUT2D eigenvalue weighted by Crippen LogP contribution is -1.90. The van der Waals surface area contributed by atoms with Crippen molar-refractivity contribution in [1.82, 2.24) is 0 Å². The fourth-order valence-corrected chi connectivity index (χ4v) is 2.55. The number of hydrogen-bond donors (Lipinski definition) is 1. The molecule has 112 valence electrons. The molecule has 2 nitrogen and oxygen atoms in total. The zero-order valence-electron chi connectivity index (χ0n) is 12.1. The van der Waals surface area contributed by atoms with E-state index in [-0.39, 0.29) is 12.4 Å². The van der Waals surface area contributed by atoms with Crippen LogP contribution in [0.3, 0.4) is 0 Å². The van der Waals surface area contributed by atoms with E-state index in [1.54, 1.807) is 17.8 Å². The number of carboxylic acid groups (broad SMARTS) is 1. The highest BCUT2D eigenvalue weighted by Crippen LogP contribution is 2.23. The minimum absolute atomic E-state index is 0. The Bertz CT molecular complexity index is 444. The van der Waals surface area contributed by atoms with Gasteiger partial charge in [0.2, 0.25) is 0 Å². The Hall–Kier alpha value is -0.930. The van der Waals surface area contributed by atoms with Gasteiger partial charge in [-0.15, -0.1) is 24.2 Å². The topological polar surface area (TPSA) is 37.3 Å². The maximum Gasteiger partial charge on any atom is 0.328 e. The molecule has 1 rings (SSSR count). The molecule has 0 atom stereocenters. The Balaban J connectivity index is 0.00000361. The SMILES string of the molecule is CCCCCCc1ccc(SC)c(C=CC(=O)O)c1.Cl. The number of carbonyl (C=O) groups is 1. The number of rotatable bonds is 8. The summed E-state index contributed by atoms with van der Waals surface area (Å²) in [5, 5.41) is 8.71. The van der Waals surface area contributed by atoms with Crippen LogP contribution in [0.25, 0.3) is 6.08 Å². The molecule has 0 aliphatic carbocycles. The van der Waals surface area contributed by atoms with Crippen LogP contribution in [0.4, 0.5) is 0 Å². The van der Waals surface area contributed by atoms with Gasteiger partial charge in [0.05, 0.1) is 0 Å². The van der Waals surface area contributed by atoms with Crippen LogP contribution in [0, 0.1) is 0 Å². The van der Waals surface area contributed by atoms with Crippen LogP contribution in [0.5, 0.6) is 0 Å². The van der Waals surface area contributed by atoms with Crippen LogP contribution in [0.2, 0.25) is 0 Å². The molecule has 0 aliphatic rings. The molecule has 0 radical (unpaired) electrons. The fourth-order valence-electron chi connectivity index (χ4n) is 1.99. The molecule has 0 amide bonds. The normalized spacial score (nSPS) is 10.5. The Morgan fingerprint density at radius 1 is 1.30 bits per heavy atom. The first-order chi connectivity index (χ1) is 9.17. The number of hydrogen-bond acceptors (Lipinski definition) is 2. The van der Waals surface area contributed by atoms with Crippen molar-refractivity contribution in [2.75, 3.05) is 6.26 Å². The number of benzene rings is 1. The minimum atomic E-state index is -0.902. The predicted molar refractivity (Wildman–Crippen MR) is 90.0 cm³/mol. The summed E-state index contributed by atoms with van der Waals surface area (Å²) < 4.78 is 0. The van der Waals surface area contributed by atoms with Crippen molar-refractivity contribution < 1.29 is 9.90 Å². The van der Waals surface area contributed by atoms with Gasteiger partial charge in [-0.05, 0) is 42.4 Å². The third-order valence-electron chi connectivity index (χ3n) is 3.02. The Kier molecular flexibility index (Phi) is 10.3. The van der Waals surface area contributed by atoms with Crippen molar-refractivity contribution in [2.24, 2.45) is 0 Å². The maximum absolute atomic E-state index is 10.6. The second-order valence-electron chi connectivity index (χ2n) is 4.56. The molecule has 20 heavy (non-hydrogen) atoms. The first-order valence-corrected chi connectivity index (χ1v) is 7.97. The molecule has 1 N–H and O–H groups in total. The molecular formula is C16H23ClO2S. The van der Waals surface area contributed by atoms with Gasteiger partial charge in [-0.2, -0.15) is 0 Å². The highest BCUT2D eigenvalue weighted by atomic mass is 35.5. The largest absolute Gasteiger partial charge is 0.478 e. The minimum Gasteiger partial charge on any atom is -0.478 e. The van der Waals surface area contributed by atoms with Gasteiger partial charge in [-0.3, -0.25) is 0 Å². The zero-order valence-corrected chi connectivity index (χ0v) is 13.7. The fraction of sp³-hybridized carbons (Fsp3) is 0.438. The van der Waals surface area contributed by atoms with Crippen LogP contribution in [0.1, 0.15) is 43.7 Å². The van der Waals surface area contributed by atoms with Crippen LogP contribution in [0.15, 0.2) is 29.2 Å². The second kappa shape index (κ2) is 10.8. The predicted octanol–water partition coefficient (Wildman–Crippen LogP) is 5.05. The molecule has 0 saturated heterocycles. The molecule has 1 aromatic rings. The molecule has 0 bridgehead atoms. The van der Waals surface area contributed by atoms with Gasteiger partial charge >= 0.3 is 5.97 Å². The van der Waals surface area contributed by atoms with Gasteiger partial charge in [0.25, 0.3) is 0 Å². The van der Waals surface area contributed by atoms with Gasteiger partial charge in [0.1, 0.15) is 0 Å². The summed E-state index contributed by atoms with van der Waals surface area (Å²) in [4.78, 5) is 11.7. The number of unbranched alkanes of at least 4 members (excludes halogenated alkanes) is 3. The molecule has 0 saturated carbocycles. The summed E-state index contributed by atoms with van der Waals surface area (Å²) >= 11 is 1.64. The third kappa shape index (κ3) is 7.01. The average molecular weight is 315 g/mol. The van der Waals surface area contributed by atoms with Crippen LogP contribution < -0.4 is 0 Å². The van der Waals surface area contributed by atoms with E-state index >= 15 is 0 Å². The Labute approximate surface area is 132 Å². The standard InChI is InChI=1S/C16H22O2S.ClH/c1-3-4-5-6-7-13-8-10-15(19-2)14(12-13)9-11-16(17)18;/h8-12H,3-7H2,1-2H3,(H,17,18);1H. The smallest absolute Gasteiger partial charge is 0.328 e. The lowest BCUT2D eigenvalue weighted by molar-refractivity contribution is -0.131. The summed E-state index contributed by atoms with van der Waals surface area (Å²) in [6.45, 7) is 2.21. The van der Waals surface area contributed by atoms with E-state index in [4.69, 9.17) is 5.11 Å². The van der Waals surface area contributed by atoms with Gasteiger partial charge in [-0.25, -0.2) is 4.79 Å². The quantitative estimate of drug-likeness (QED) is 0.414. The van der Waals surface area contributed by atoms with Crippen molar-refractivity contribution in [3.63, 3.8) is 0 Å². The maximum atomic E-state index is 10.6. The molecule has 1 aromatic carbocycles. The summed E-state index contributed by atoms with van der Waals surface area (Å²) in [5.41, 5.74) is 2.29. The van der Waals surface area contributed by atoms with Gasteiger partial charge in [0.15, 0.2) is 0 Å². The van der Waals surface area contributed by atoms with Gasteiger partial charge in [-0.1, -0.05) is 38.3 Å². The highest BCUT2D eigenvalue weighted by molar-refractivity contribution is 7.98. The first kappa shape index (κ1) is 19.1. The van der Waals surface area contributed by atoms with E-state index in [1.807, 2.05) is 6.26 Å². The number of carboxylic acids is 1. The second-order valence-corrected chi connectivity index (χ2v) is 5.41. The Morgan fingerprint density at radius 2 is 2.05 bits per heavy atom. The van der Waals surface area contributed by atoms with Gasteiger partial charge < -0.3 is 5.11 Å². The molecule has 0 spiro atoms. The van der Waals surface area contributed by atoms with E-state index in [0.717, 1.165) is 16.9 Å². The number of thioether (sulfide) groups is 1. The first-order valence-electron chi connectivity index (χ1n) is 6.75. The van der Waals surface area contributed by atoms with Crippen LogP contribution in [-0.4, -0.2) is 17.3 Å². The number of halogens is 1. The molecule has 0 aliphatic heterocycles. The molecule has 0 heterocycles. The van der Waals surface area contributed by atoms with E-state index in [1.165, 1.54) is 37.3 Å². The highest BCUT2D eigenvalue weighted by Gasteiger charge is 2.02. The summed E-state index contributed by atoms with van der Waals surface area (Å²) in [6.07, 6.45) is 11.0. The lowest BCUT2D eigenvalue weighted by atomic mass is 10.0. The zero-order chi connectivity index (χ0) is 14.1. The van der Waals surface area contributed by atoms with Crippen molar-refractivity contribution in [1.29, 1.82) is 0 Å². The molecule has 0 unspecified atom stereocenters. The molecule has 4 heteroatoms. The lowest BCUT2D eigenvalue weighted by Gasteiger charge is -2.07. The van der Waals surface area contributed by atoms with Crippen LogP contribution >= 0.6 is 24.2 Å².